The summed E-state index contributed by atoms with van der Waals surface area (Å²) in [5.41, 5.74) is 2.15. The second kappa shape index (κ2) is 5.81. The van der Waals surface area contributed by atoms with Gasteiger partial charge in [-0.15, -0.1) is 11.6 Å². The van der Waals surface area contributed by atoms with Crippen molar-refractivity contribution in [2.45, 2.75) is 39.7 Å². The van der Waals surface area contributed by atoms with E-state index < -0.39 is 0 Å². The number of rotatable bonds is 4. The first-order valence-electron chi connectivity index (χ1n) is 6.47. The van der Waals surface area contributed by atoms with Crippen LogP contribution in [0.15, 0.2) is 0 Å². The highest BCUT2D eigenvalue weighted by Crippen LogP contribution is 2.37. The minimum atomic E-state index is 0.114. The van der Waals surface area contributed by atoms with Crippen LogP contribution in [0, 0.1) is 12.3 Å². The molecule has 0 saturated carbocycles. The second-order valence-electron chi connectivity index (χ2n) is 5.08. The van der Waals surface area contributed by atoms with Crippen molar-refractivity contribution in [3.05, 3.63) is 16.4 Å². The van der Waals surface area contributed by atoms with Crippen molar-refractivity contribution in [3.8, 4) is 0 Å². The van der Waals surface area contributed by atoms with Crippen LogP contribution in [0.25, 0.3) is 0 Å². The van der Waals surface area contributed by atoms with Gasteiger partial charge in [0.2, 0.25) is 0 Å². The third-order valence-corrected chi connectivity index (χ3v) is 4.89. The highest BCUT2D eigenvalue weighted by molar-refractivity contribution is 6.31. The fraction of sp³-hybridized carbons (Fsp3) is 0.769. The maximum atomic E-state index is 6.37. The summed E-state index contributed by atoms with van der Waals surface area (Å²) < 4.78 is 7.44. The van der Waals surface area contributed by atoms with Crippen LogP contribution in [-0.2, 0) is 17.7 Å². The third kappa shape index (κ3) is 2.68. The Morgan fingerprint density at radius 3 is 2.61 bits per heavy atom. The third-order valence-electron chi connectivity index (χ3n) is 3.83. The van der Waals surface area contributed by atoms with Crippen molar-refractivity contribution in [2.24, 2.45) is 5.41 Å². The van der Waals surface area contributed by atoms with E-state index in [1.807, 2.05) is 11.6 Å². The smallest absolute Gasteiger partial charge is 0.0847 e. The van der Waals surface area contributed by atoms with Gasteiger partial charge >= 0.3 is 0 Å². The van der Waals surface area contributed by atoms with Crippen molar-refractivity contribution >= 4 is 23.2 Å². The van der Waals surface area contributed by atoms with E-state index in [-0.39, 0.29) is 5.41 Å². The van der Waals surface area contributed by atoms with E-state index in [0.29, 0.717) is 5.88 Å². The molecule has 0 aromatic carbocycles. The van der Waals surface area contributed by atoms with Crippen LogP contribution in [0.2, 0.25) is 5.02 Å². The predicted octanol–water partition coefficient (Wildman–Crippen LogP) is 3.44. The lowest BCUT2D eigenvalue weighted by atomic mass is 9.78. The van der Waals surface area contributed by atoms with Gasteiger partial charge < -0.3 is 4.74 Å². The van der Waals surface area contributed by atoms with Gasteiger partial charge in [0.15, 0.2) is 0 Å². The monoisotopic (exact) mass is 290 g/mol. The molecule has 2 rings (SSSR count). The minimum Gasteiger partial charge on any atom is -0.381 e. The van der Waals surface area contributed by atoms with Crippen LogP contribution in [0.3, 0.4) is 0 Å². The van der Waals surface area contributed by atoms with Crippen molar-refractivity contribution in [2.75, 3.05) is 19.1 Å². The maximum Gasteiger partial charge on any atom is 0.0847 e. The molecule has 2 heterocycles. The molecule has 0 radical (unpaired) electrons. The first-order valence-corrected chi connectivity index (χ1v) is 7.38. The van der Waals surface area contributed by atoms with Crippen molar-refractivity contribution in [3.63, 3.8) is 0 Å². The molecule has 0 N–H and O–H groups in total. The number of ether oxygens (including phenoxy) is 1. The average molecular weight is 291 g/mol. The van der Waals surface area contributed by atoms with E-state index >= 15 is 0 Å². The second-order valence-corrected chi connectivity index (χ2v) is 5.73. The molecule has 1 aliphatic rings. The summed E-state index contributed by atoms with van der Waals surface area (Å²) in [6.45, 7) is 6.48. The maximum absolute atomic E-state index is 6.37. The Hall–Kier alpha value is -0.250. The molecule has 0 unspecified atom stereocenters. The van der Waals surface area contributed by atoms with Gasteiger partial charge in [0.05, 0.1) is 16.4 Å². The molecule has 102 valence electrons. The normalized spacial score (nSPS) is 19.1. The quantitative estimate of drug-likeness (QED) is 0.795. The van der Waals surface area contributed by atoms with Crippen LogP contribution >= 0.6 is 23.2 Å². The number of hydrogen-bond acceptors (Lipinski definition) is 2. The van der Waals surface area contributed by atoms with Gasteiger partial charge in [-0.1, -0.05) is 11.6 Å². The number of hydrogen-bond donors (Lipinski definition) is 0. The number of halogens is 2. The molecule has 1 aromatic heterocycles. The lowest BCUT2D eigenvalue weighted by molar-refractivity contribution is 0.0249. The number of aryl methyl sites for hydroxylation is 2. The van der Waals surface area contributed by atoms with Crippen molar-refractivity contribution in [1.82, 2.24) is 9.78 Å². The SMILES string of the molecule is CCn1nc(C)c(Cl)c1CC1(CCl)CCOCC1. The molecule has 1 aromatic rings. The Morgan fingerprint density at radius 2 is 2.06 bits per heavy atom. The van der Waals surface area contributed by atoms with Gasteiger partial charge in [-0.3, -0.25) is 4.68 Å². The summed E-state index contributed by atoms with van der Waals surface area (Å²) in [4.78, 5) is 0. The molecule has 0 amide bonds. The van der Waals surface area contributed by atoms with Gasteiger partial charge in [-0.25, -0.2) is 0 Å². The zero-order chi connectivity index (χ0) is 13.2. The Morgan fingerprint density at radius 1 is 1.39 bits per heavy atom. The van der Waals surface area contributed by atoms with Gasteiger partial charge in [0.25, 0.3) is 0 Å². The zero-order valence-corrected chi connectivity index (χ0v) is 12.5. The van der Waals surface area contributed by atoms with Crippen LogP contribution < -0.4 is 0 Å². The molecule has 1 saturated heterocycles. The average Bonchev–Trinajstić information content (AvgIpc) is 2.67. The molecule has 5 heteroatoms. The molecule has 1 fully saturated rings. The highest BCUT2D eigenvalue weighted by atomic mass is 35.5. The molecule has 3 nitrogen and oxygen atoms in total. The van der Waals surface area contributed by atoms with Crippen LogP contribution in [0.5, 0.6) is 0 Å². The molecule has 0 aliphatic carbocycles. The summed E-state index contributed by atoms with van der Waals surface area (Å²) in [7, 11) is 0. The fourth-order valence-corrected chi connectivity index (χ4v) is 3.12. The van der Waals surface area contributed by atoms with E-state index in [9.17, 15) is 0 Å². The summed E-state index contributed by atoms with van der Waals surface area (Å²) >= 11 is 12.6. The summed E-state index contributed by atoms with van der Waals surface area (Å²) in [6, 6.07) is 0. The Bertz CT molecular complexity index is 411. The minimum absolute atomic E-state index is 0.114. The molecular formula is C13H20Cl2N2O. The molecule has 1 aliphatic heterocycles. The van der Waals surface area contributed by atoms with Crippen molar-refractivity contribution < 1.29 is 4.74 Å². The molecule has 18 heavy (non-hydrogen) atoms. The topological polar surface area (TPSA) is 27.1 Å². The lowest BCUT2D eigenvalue weighted by Gasteiger charge is -2.35. The Balaban J connectivity index is 2.26. The van der Waals surface area contributed by atoms with E-state index in [2.05, 4.69) is 12.0 Å². The zero-order valence-electron chi connectivity index (χ0n) is 11.0. The number of alkyl halides is 1. The van der Waals surface area contributed by atoms with E-state index in [4.69, 9.17) is 27.9 Å². The number of aromatic nitrogens is 2. The van der Waals surface area contributed by atoms with Gasteiger partial charge in [-0.2, -0.15) is 5.10 Å². The summed E-state index contributed by atoms with van der Waals surface area (Å²) in [5, 5.41) is 5.27. The fourth-order valence-electron chi connectivity index (χ4n) is 2.56. The van der Waals surface area contributed by atoms with Crippen LogP contribution in [-0.4, -0.2) is 28.9 Å². The van der Waals surface area contributed by atoms with E-state index in [1.165, 1.54) is 0 Å². The largest absolute Gasteiger partial charge is 0.381 e. The van der Waals surface area contributed by atoms with Gasteiger partial charge in [0, 0.05) is 25.6 Å². The predicted molar refractivity (Wildman–Crippen MR) is 74.6 cm³/mol. The van der Waals surface area contributed by atoms with E-state index in [0.717, 1.165) is 55.4 Å². The molecule has 0 spiro atoms. The molecule has 0 bridgehead atoms. The van der Waals surface area contributed by atoms with Crippen LogP contribution in [0.4, 0.5) is 0 Å². The Labute approximate surface area is 118 Å². The standard InChI is InChI=1S/C13H20Cl2N2O/c1-3-17-11(12(15)10(2)16-17)8-13(9-14)4-6-18-7-5-13/h3-9H2,1-2H3. The van der Waals surface area contributed by atoms with Gasteiger partial charge in [-0.05, 0) is 38.5 Å². The van der Waals surface area contributed by atoms with E-state index in [1.54, 1.807) is 0 Å². The van der Waals surface area contributed by atoms with Crippen molar-refractivity contribution in [1.29, 1.82) is 0 Å². The number of nitrogens with zero attached hydrogens (tertiary/aromatic N) is 2. The molecular weight excluding hydrogens is 271 g/mol. The Kier molecular flexibility index (Phi) is 4.57. The first-order chi connectivity index (χ1) is 8.62. The highest BCUT2D eigenvalue weighted by Gasteiger charge is 2.34. The lowest BCUT2D eigenvalue weighted by Crippen LogP contribution is -2.34. The van der Waals surface area contributed by atoms with Gasteiger partial charge in [0.1, 0.15) is 0 Å². The molecule has 0 atom stereocenters. The summed E-state index contributed by atoms with van der Waals surface area (Å²) in [6.07, 6.45) is 2.90. The first kappa shape index (κ1) is 14.2. The van der Waals surface area contributed by atoms with Crippen LogP contribution in [0.1, 0.15) is 31.2 Å². The summed E-state index contributed by atoms with van der Waals surface area (Å²) in [5.74, 6) is 0.653.